The first-order chi connectivity index (χ1) is 11.0. The van der Waals surface area contributed by atoms with Crippen LogP contribution in [0.15, 0.2) is 40.7 Å². The summed E-state index contributed by atoms with van der Waals surface area (Å²) in [4.78, 5) is 2.97. The van der Waals surface area contributed by atoms with Crippen LogP contribution >= 0.6 is 0 Å². The van der Waals surface area contributed by atoms with E-state index in [9.17, 15) is 22.0 Å². The average Bonchev–Trinajstić information content (AvgIpc) is 2.97. The fourth-order valence-corrected chi connectivity index (χ4v) is 2.13. The number of halogens is 5. The molecule has 0 fully saturated rings. The Kier molecular flexibility index (Phi) is 3.81. The van der Waals surface area contributed by atoms with E-state index in [1.165, 1.54) is 0 Å². The minimum Gasteiger partial charge on any atom is -0.361 e. The predicted molar refractivity (Wildman–Crippen MR) is 72.8 cm³/mol. The summed E-state index contributed by atoms with van der Waals surface area (Å²) in [6.45, 7) is -0.0799. The van der Waals surface area contributed by atoms with Crippen molar-refractivity contribution in [3.8, 4) is 0 Å². The van der Waals surface area contributed by atoms with Crippen molar-refractivity contribution >= 4 is 16.6 Å². The van der Waals surface area contributed by atoms with Gasteiger partial charge in [-0.15, -0.1) is 5.11 Å². The summed E-state index contributed by atoms with van der Waals surface area (Å²) in [5.74, 6) is -10.3. The lowest BCUT2D eigenvalue weighted by molar-refractivity contribution is 0.380. The molecule has 0 bridgehead atoms. The molecule has 0 saturated heterocycles. The fraction of sp³-hybridized carbons (Fsp3) is 0.0667. The van der Waals surface area contributed by atoms with Crippen molar-refractivity contribution in [1.29, 1.82) is 0 Å². The first-order valence-corrected chi connectivity index (χ1v) is 6.44. The Balaban J connectivity index is 1.92. The summed E-state index contributed by atoms with van der Waals surface area (Å²) in [5, 5.41) is 7.52. The zero-order chi connectivity index (χ0) is 16.6. The van der Waals surface area contributed by atoms with Gasteiger partial charge in [0.25, 0.3) is 0 Å². The van der Waals surface area contributed by atoms with Gasteiger partial charge in [0.05, 0.1) is 6.54 Å². The lowest BCUT2D eigenvalue weighted by atomic mass is 10.2. The monoisotopic (exact) mass is 325 g/mol. The second-order valence-electron chi connectivity index (χ2n) is 4.68. The van der Waals surface area contributed by atoms with E-state index in [0.717, 1.165) is 10.9 Å². The largest absolute Gasteiger partial charge is 0.361 e. The maximum absolute atomic E-state index is 13.4. The SMILES string of the molecule is Fc1c(F)c(F)c(N=NCc2c[nH]c3ccccc23)c(F)c1F. The summed E-state index contributed by atoms with van der Waals surface area (Å²) >= 11 is 0. The van der Waals surface area contributed by atoms with Gasteiger partial charge in [-0.1, -0.05) is 18.2 Å². The predicted octanol–water partition coefficient (Wildman–Crippen LogP) is 5.15. The van der Waals surface area contributed by atoms with Crippen LogP contribution in [0.25, 0.3) is 10.9 Å². The van der Waals surface area contributed by atoms with E-state index in [-0.39, 0.29) is 6.54 Å². The van der Waals surface area contributed by atoms with Crippen LogP contribution in [0.2, 0.25) is 0 Å². The van der Waals surface area contributed by atoms with Crippen molar-refractivity contribution in [3.63, 3.8) is 0 Å². The van der Waals surface area contributed by atoms with Gasteiger partial charge in [-0.3, -0.25) is 0 Å². The zero-order valence-corrected chi connectivity index (χ0v) is 11.4. The summed E-state index contributed by atoms with van der Waals surface area (Å²) in [6.07, 6.45) is 1.63. The van der Waals surface area contributed by atoms with Crippen LogP contribution in [0, 0.1) is 29.1 Å². The highest BCUT2D eigenvalue weighted by molar-refractivity contribution is 5.82. The van der Waals surface area contributed by atoms with E-state index in [1.807, 2.05) is 12.1 Å². The highest BCUT2D eigenvalue weighted by Crippen LogP contribution is 2.30. The second-order valence-corrected chi connectivity index (χ2v) is 4.68. The second kappa shape index (κ2) is 5.79. The molecule has 0 aliphatic rings. The maximum atomic E-state index is 13.4. The Bertz CT molecular complexity index is 888. The smallest absolute Gasteiger partial charge is 0.200 e. The number of benzene rings is 2. The number of H-pyrrole nitrogens is 1. The molecule has 1 aromatic heterocycles. The molecule has 8 heteroatoms. The average molecular weight is 325 g/mol. The van der Waals surface area contributed by atoms with E-state index >= 15 is 0 Å². The highest BCUT2D eigenvalue weighted by Gasteiger charge is 2.25. The number of nitrogens with zero attached hydrogens (tertiary/aromatic N) is 2. The quantitative estimate of drug-likeness (QED) is 0.299. The normalized spacial score (nSPS) is 11.7. The van der Waals surface area contributed by atoms with E-state index < -0.39 is 34.8 Å². The van der Waals surface area contributed by atoms with Crippen LogP contribution in [-0.2, 0) is 6.54 Å². The van der Waals surface area contributed by atoms with Crippen LogP contribution in [0.1, 0.15) is 5.56 Å². The van der Waals surface area contributed by atoms with Gasteiger partial charge in [-0.25, -0.2) is 22.0 Å². The van der Waals surface area contributed by atoms with Crippen LogP contribution in [-0.4, -0.2) is 4.98 Å². The van der Waals surface area contributed by atoms with Gasteiger partial charge in [0.2, 0.25) is 5.82 Å². The molecule has 0 unspecified atom stereocenters. The molecule has 0 spiro atoms. The van der Waals surface area contributed by atoms with Crippen LogP contribution in [0.3, 0.4) is 0 Å². The van der Waals surface area contributed by atoms with Crippen LogP contribution in [0.4, 0.5) is 27.6 Å². The molecule has 1 heterocycles. The van der Waals surface area contributed by atoms with E-state index in [0.29, 0.717) is 5.56 Å². The molecule has 2 aromatic carbocycles. The molecule has 0 aliphatic heterocycles. The third kappa shape index (κ3) is 2.56. The highest BCUT2D eigenvalue weighted by atomic mass is 19.2. The third-order valence-electron chi connectivity index (χ3n) is 3.27. The van der Waals surface area contributed by atoms with Crippen molar-refractivity contribution in [2.24, 2.45) is 10.2 Å². The zero-order valence-electron chi connectivity index (χ0n) is 11.4. The molecule has 3 aromatic rings. The number of hydrogen-bond donors (Lipinski definition) is 1. The van der Waals surface area contributed by atoms with E-state index in [2.05, 4.69) is 15.2 Å². The van der Waals surface area contributed by atoms with Crippen molar-refractivity contribution in [2.45, 2.75) is 6.54 Å². The lowest BCUT2D eigenvalue weighted by Crippen LogP contribution is -2.00. The Hall–Kier alpha value is -2.77. The molecule has 0 aliphatic carbocycles. The lowest BCUT2D eigenvalue weighted by Gasteiger charge is -2.02. The molecule has 0 saturated carbocycles. The summed E-state index contributed by atoms with van der Waals surface area (Å²) in [7, 11) is 0. The van der Waals surface area contributed by atoms with E-state index in [4.69, 9.17) is 0 Å². The molecular weight excluding hydrogens is 317 g/mol. The maximum Gasteiger partial charge on any atom is 0.200 e. The number of aromatic nitrogens is 1. The molecular formula is C15H8F5N3. The van der Waals surface area contributed by atoms with Gasteiger partial charge in [-0.2, -0.15) is 5.11 Å². The molecule has 1 N–H and O–H groups in total. The van der Waals surface area contributed by atoms with Crippen molar-refractivity contribution in [2.75, 3.05) is 0 Å². The summed E-state index contributed by atoms with van der Waals surface area (Å²) in [5.41, 5.74) is 0.198. The molecule has 3 rings (SSSR count). The van der Waals surface area contributed by atoms with E-state index in [1.54, 1.807) is 18.3 Å². The minimum absolute atomic E-state index is 0.0799. The van der Waals surface area contributed by atoms with Crippen LogP contribution < -0.4 is 0 Å². The van der Waals surface area contributed by atoms with Gasteiger partial charge in [-0.05, 0) is 6.07 Å². The van der Waals surface area contributed by atoms with Crippen molar-refractivity contribution in [1.82, 2.24) is 4.98 Å². The number of azo groups is 1. The minimum atomic E-state index is -2.23. The molecule has 23 heavy (non-hydrogen) atoms. The Morgan fingerprint density at radius 2 is 1.43 bits per heavy atom. The van der Waals surface area contributed by atoms with Crippen molar-refractivity contribution < 1.29 is 22.0 Å². The molecule has 0 atom stereocenters. The fourth-order valence-electron chi connectivity index (χ4n) is 2.13. The van der Waals surface area contributed by atoms with Gasteiger partial charge in [0.1, 0.15) is 0 Å². The summed E-state index contributed by atoms with van der Waals surface area (Å²) in [6, 6.07) is 7.23. The molecule has 118 valence electrons. The van der Waals surface area contributed by atoms with Gasteiger partial charge < -0.3 is 4.98 Å². The molecule has 0 amide bonds. The standard InChI is InChI=1S/C15H8F5N3/c16-10-11(17)13(19)15(14(20)12(10)18)23-22-6-7-5-21-9-4-2-1-3-8(7)9/h1-5,21H,6H2. The molecule has 3 nitrogen and oxygen atoms in total. The topological polar surface area (TPSA) is 40.5 Å². The number of rotatable bonds is 3. The molecule has 0 radical (unpaired) electrons. The number of nitrogens with one attached hydrogen (secondary N) is 1. The number of para-hydroxylation sites is 1. The third-order valence-corrected chi connectivity index (χ3v) is 3.27. The van der Waals surface area contributed by atoms with Gasteiger partial charge in [0.15, 0.2) is 29.0 Å². The first kappa shape index (κ1) is 15.1. The van der Waals surface area contributed by atoms with Crippen LogP contribution in [0.5, 0.6) is 0 Å². The first-order valence-electron chi connectivity index (χ1n) is 6.44. The Morgan fingerprint density at radius 3 is 2.13 bits per heavy atom. The van der Waals surface area contributed by atoms with Gasteiger partial charge in [0, 0.05) is 22.7 Å². The Labute approximate surface area is 126 Å². The summed E-state index contributed by atoms with van der Waals surface area (Å²) < 4.78 is 65.9. The number of fused-ring (bicyclic) bond motifs is 1. The van der Waals surface area contributed by atoms with Gasteiger partial charge >= 0.3 is 0 Å². The number of hydrogen-bond acceptors (Lipinski definition) is 2. The van der Waals surface area contributed by atoms with Crippen molar-refractivity contribution in [3.05, 3.63) is 65.1 Å². The number of aromatic amines is 1. The Morgan fingerprint density at radius 1 is 0.826 bits per heavy atom.